The first-order valence-corrected chi connectivity index (χ1v) is 8.80. The minimum absolute atomic E-state index is 0.954. The molecule has 0 bridgehead atoms. The van der Waals surface area contributed by atoms with Crippen molar-refractivity contribution >= 4 is 0 Å². The zero-order valence-corrected chi connectivity index (χ0v) is 12.5. The van der Waals surface area contributed by atoms with E-state index in [2.05, 4.69) is 9.88 Å². The highest BCUT2D eigenvalue weighted by Gasteiger charge is 2.37. The minimum Gasteiger partial charge on any atom is -0.362 e. The van der Waals surface area contributed by atoms with Gasteiger partial charge in [0.25, 0.3) is 0 Å². The molecule has 2 heteroatoms. The van der Waals surface area contributed by atoms with E-state index in [1.807, 2.05) is 0 Å². The Balaban J connectivity index is 1.37. The van der Waals surface area contributed by atoms with E-state index in [0.717, 1.165) is 17.8 Å². The van der Waals surface area contributed by atoms with Gasteiger partial charge in [-0.25, -0.2) is 0 Å². The standard InChI is InChI=1S/C18H26N2/c1-2-15-16-8-14-11-20(10-12-4-5-12)7-6-13(14)9-18(16)19-17(15)3-1/h12-14,19H,1-11H2/t13-,14+/m0/s1. The molecule has 2 heterocycles. The Bertz CT molecular complexity index is 526. The average Bonchev–Trinajstić information content (AvgIpc) is 3.03. The third-order valence-corrected chi connectivity index (χ3v) is 6.37. The van der Waals surface area contributed by atoms with Gasteiger partial charge in [-0.2, -0.15) is 0 Å². The Morgan fingerprint density at radius 2 is 1.90 bits per heavy atom. The maximum atomic E-state index is 3.79. The van der Waals surface area contributed by atoms with Crippen LogP contribution in [0.4, 0.5) is 0 Å². The summed E-state index contributed by atoms with van der Waals surface area (Å²) in [5.41, 5.74) is 6.72. The lowest BCUT2D eigenvalue weighted by atomic mass is 9.73. The van der Waals surface area contributed by atoms with Crippen molar-refractivity contribution in [2.24, 2.45) is 17.8 Å². The van der Waals surface area contributed by atoms with Crippen molar-refractivity contribution in [1.29, 1.82) is 0 Å². The number of fused-ring (bicyclic) bond motifs is 4. The zero-order valence-electron chi connectivity index (χ0n) is 12.5. The molecule has 1 saturated carbocycles. The summed E-state index contributed by atoms with van der Waals surface area (Å²) < 4.78 is 0. The first-order valence-electron chi connectivity index (χ1n) is 8.80. The largest absolute Gasteiger partial charge is 0.362 e. The predicted octanol–water partition coefficient (Wildman–Crippen LogP) is 2.95. The molecule has 2 atom stereocenters. The van der Waals surface area contributed by atoms with Crippen molar-refractivity contribution in [2.75, 3.05) is 19.6 Å². The van der Waals surface area contributed by atoms with E-state index in [4.69, 9.17) is 0 Å². The highest BCUT2D eigenvalue weighted by molar-refractivity contribution is 5.42. The van der Waals surface area contributed by atoms with Gasteiger partial charge in [-0.1, -0.05) is 0 Å². The van der Waals surface area contributed by atoms with Gasteiger partial charge in [0.15, 0.2) is 0 Å². The van der Waals surface area contributed by atoms with Crippen LogP contribution in [-0.4, -0.2) is 29.5 Å². The number of H-pyrrole nitrogens is 1. The summed E-state index contributed by atoms with van der Waals surface area (Å²) in [6.45, 7) is 4.16. The van der Waals surface area contributed by atoms with Crippen LogP contribution in [0.25, 0.3) is 0 Å². The fourth-order valence-electron chi connectivity index (χ4n) is 5.09. The molecule has 0 spiro atoms. The molecule has 1 aromatic heterocycles. The fourth-order valence-corrected chi connectivity index (χ4v) is 5.09. The van der Waals surface area contributed by atoms with Crippen LogP contribution in [0, 0.1) is 17.8 Å². The molecule has 1 aliphatic heterocycles. The molecule has 0 aromatic carbocycles. The second-order valence-corrected chi connectivity index (χ2v) is 7.81. The lowest BCUT2D eigenvalue weighted by Crippen LogP contribution is -2.44. The number of nitrogens with one attached hydrogen (secondary N) is 1. The molecule has 0 unspecified atom stereocenters. The molecular weight excluding hydrogens is 244 g/mol. The van der Waals surface area contributed by atoms with Crippen LogP contribution in [0.1, 0.15) is 48.2 Å². The number of aromatic nitrogens is 1. The summed E-state index contributed by atoms with van der Waals surface area (Å²) in [5.74, 6) is 2.98. The Morgan fingerprint density at radius 3 is 2.80 bits per heavy atom. The summed E-state index contributed by atoms with van der Waals surface area (Å²) in [5, 5.41) is 0. The number of rotatable bonds is 2. The normalized spacial score (nSPS) is 32.8. The topological polar surface area (TPSA) is 19.0 Å². The van der Waals surface area contributed by atoms with E-state index in [0.29, 0.717) is 0 Å². The van der Waals surface area contributed by atoms with Crippen molar-refractivity contribution in [2.45, 2.75) is 51.4 Å². The van der Waals surface area contributed by atoms with Gasteiger partial charge in [-0.05, 0) is 86.8 Å². The number of aryl methyl sites for hydroxylation is 1. The Kier molecular flexibility index (Phi) is 2.59. The van der Waals surface area contributed by atoms with Crippen LogP contribution in [-0.2, 0) is 25.7 Å². The molecule has 0 amide bonds. The first kappa shape index (κ1) is 11.9. The summed E-state index contributed by atoms with van der Waals surface area (Å²) in [6.07, 6.45) is 11.2. The summed E-state index contributed by atoms with van der Waals surface area (Å²) >= 11 is 0. The third-order valence-electron chi connectivity index (χ3n) is 6.37. The number of hydrogen-bond acceptors (Lipinski definition) is 1. The number of hydrogen-bond donors (Lipinski definition) is 1. The zero-order chi connectivity index (χ0) is 13.1. The lowest BCUT2D eigenvalue weighted by molar-refractivity contribution is 0.107. The van der Waals surface area contributed by atoms with Gasteiger partial charge in [0.1, 0.15) is 0 Å². The molecule has 108 valence electrons. The van der Waals surface area contributed by atoms with Crippen LogP contribution in [0.5, 0.6) is 0 Å². The molecule has 20 heavy (non-hydrogen) atoms. The van der Waals surface area contributed by atoms with Crippen molar-refractivity contribution in [3.05, 3.63) is 22.5 Å². The number of aromatic amines is 1. The number of piperidine rings is 1. The van der Waals surface area contributed by atoms with Crippen LogP contribution >= 0.6 is 0 Å². The highest BCUT2D eigenvalue weighted by Crippen LogP contribution is 2.41. The second-order valence-electron chi connectivity index (χ2n) is 7.81. The van der Waals surface area contributed by atoms with Crippen LogP contribution in [0.2, 0.25) is 0 Å². The lowest BCUT2D eigenvalue weighted by Gasteiger charge is -2.41. The van der Waals surface area contributed by atoms with E-state index >= 15 is 0 Å². The van der Waals surface area contributed by atoms with Crippen molar-refractivity contribution < 1.29 is 0 Å². The van der Waals surface area contributed by atoms with Gasteiger partial charge in [-0.15, -0.1) is 0 Å². The first-order chi connectivity index (χ1) is 9.87. The molecule has 4 aliphatic rings. The van der Waals surface area contributed by atoms with Crippen molar-refractivity contribution in [3.8, 4) is 0 Å². The van der Waals surface area contributed by atoms with Crippen LogP contribution in [0.3, 0.4) is 0 Å². The molecule has 5 rings (SSSR count). The van der Waals surface area contributed by atoms with Gasteiger partial charge < -0.3 is 9.88 Å². The predicted molar refractivity (Wildman–Crippen MR) is 81.0 cm³/mol. The van der Waals surface area contributed by atoms with E-state index in [9.17, 15) is 0 Å². The van der Waals surface area contributed by atoms with E-state index in [1.165, 1.54) is 71.0 Å². The van der Waals surface area contributed by atoms with Gasteiger partial charge >= 0.3 is 0 Å². The SMILES string of the molecule is C1Cc2[nH]c3c(c2C1)C[C@@H]1CN(CC2CC2)CC[C@H]1C3. The fraction of sp³-hybridized carbons (Fsp3) is 0.778. The molecular formula is C18H26N2. The van der Waals surface area contributed by atoms with E-state index < -0.39 is 0 Å². The smallest absolute Gasteiger partial charge is 0.0187 e. The molecule has 2 nitrogen and oxygen atoms in total. The molecule has 3 aliphatic carbocycles. The summed E-state index contributed by atoms with van der Waals surface area (Å²) in [4.78, 5) is 6.58. The molecule has 1 N–H and O–H groups in total. The van der Waals surface area contributed by atoms with Gasteiger partial charge in [0.2, 0.25) is 0 Å². The van der Waals surface area contributed by atoms with E-state index in [1.54, 1.807) is 22.5 Å². The quantitative estimate of drug-likeness (QED) is 0.875. The molecule has 1 aromatic rings. The van der Waals surface area contributed by atoms with Crippen molar-refractivity contribution in [1.82, 2.24) is 9.88 Å². The molecule has 0 radical (unpaired) electrons. The highest BCUT2D eigenvalue weighted by atomic mass is 15.1. The van der Waals surface area contributed by atoms with Gasteiger partial charge in [0, 0.05) is 24.5 Å². The number of nitrogens with zero attached hydrogens (tertiary/aromatic N) is 1. The molecule has 1 saturated heterocycles. The monoisotopic (exact) mass is 270 g/mol. The molecule has 2 fully saturated rings. The van der Waals surface area contributed by atoms with Gasteiger partial charge in [0.05, 0.1) is 0 Å². The Morgan fingerprint density at radius 1 is 0.950 bits per heavy atom. The minimum atomic E-state index is 0.954. The Hall–Kier alpha value is -0.760. The maximum absolute atomic E-state index is 3.79. The Labute approximate surface area is 121 Å². The third kappa shape index (κ3) is 1.88. The van der Waals surface area contributed by atoms with Crippen LogP contribution < -0.4 is 0 Å². The maximum Gasteiger partial charge on any atom is 0.0187 e. The second kappa shape index (κ2) is 4.37. The van der Waals surface area contributed by atoms with E-state index in [-0.39, 0.29) is 0 Å². The number of likely N-dealkylation sites (tertiary alicyclic amines) is 1. The summed E-state index contributed by atoms with van der Waals surface area (Å²) in [7, 11) is 0. The average molecular weight is 270 g/mol. The van der Waals surface area contributed by atoms with Crippen molar-refractivity contribution in [3.63, 3.8) is 0 Å². The van der Waals surface area contributed by atoms with Gasteiger partial charge in [-0.3, -0.25) is 0 Å². The summed E-state index contributed by atoms with van der Waals surface area (Å²) in [6, 6.07) is 0. The van der Waals surface area contributed by atoms with Crippen LogP contribution in [0.15, 0.2) is 0 Å².